The predicted molar refractivity (Wildman–Crippen MR) is 81.2 cm³/mol. The molecule has 1 aliphatic heterocycles. The second-order valence-electron chi connectivity index (χ2n) is 5.28. The van der Waals surface area contributed by atoms with Crippen LogP contribution in [0.3, 0.4) is 0 Å². The van der Waals surface area contributed by atoms with E-state index in [2.05, 4.69) is 25.0 Å². The Morgan fingerprint density at radius 3 is 2.68 bits per heavy atom. The Hall–Kier alpha value is -1.89. The van der Waals surface area contributed by atoms with Crippen LogP contribution in [-0.4, -0.2) is 39.8 Å². The Balaban J connectivity index is 1.46. The molecule has 1 aliphatic rings. The molecule has 2 aromatic rings. The zero-order valence-corrected chi connectivity index (χ0v) is 13.2. The zero-order chi connectivity index (χ0) is 15.4. The van der Waals surface area contributed by atoms with Crippen LogP contribution in [0.25, 0.3) is 0 Å². The third kappa shape index (κ3) is 3.65. The molecule has 118 valence electrons. The van der Waals surface area contributed by atoms with Crippen molar-refractivity contribution in [2.24, 2.45) is 5.92 Å². The first-order valence-electron chi connectivity index (χ1n) is 7.42. The van der Waals surface area contributed by atoms with E-state index in [1.54, 1.807) is 12.4 Å². The summed E-state index contributed by atoms with van der Waals surface area (Å²) in [5, 5.41) is 4.16. The van der Waals surface area contributed by atoms with Crippen LogP contribution in [0.1, 0.15) is 25.6 Å². The van der Waals surface area contributed by atoms with Crippen molar-refractivity contribution in [1.29, 1.82) is 0 Å². The first kappa shape index (κ1) is 15.0. The van der Waals surface area contributed by atoms with Crippen LogP contribution in [0, 0.1) is 5.92 Å². The summed E-state index contributed by atoms with van der Waals surface area (Å²) < 4.78 is 11.0. The van der Waals surface area contributed by atoms with Crippen molar-refractivity contribution in [1.82, 2.24) is 20.1 Å². The summed E-state index contributed by atoms with van der Waals surface area (Å²) in [6, 6.07) is 0.627. The van der Waals surface area contributed by atoms with Crippen molar-refractivity contribution in [3.63, 3.8) is 0 Å². The number of aromatic nitrogens is 4. The second kappa shape index (κ2) is 6.91. The van der Waals surface area contributed by atoms with Crippen molar-refractivity contribution in [3.05, 3.63) is 23.5 Å². The van der Waals surface area contributed by atoms with E-state index in [0.29, 0.717) is 24.3 Å². The Labute approximate surface area is 133 Å². The van der Waals surface area contributed by atoms with Gasteiger partial charge in [0.25, 0.3) is 0 Å². The van der Waals surface area contributed by atoms with Gasteiger partial charge in [-0.15, -0.1) is 0 Å². The van der Waals surface area contributed by atoms with Gasteiger partial charge in [-0.25, -0.2) is 9.97 Å². The highest BCUT2D eigenvalue weighted by molar-refractivity contribution is 6.28. The van der Waals surface area contributed by atoms with Gasteiger partial charge in [0.2, 0.25) is 5.28 Å². The molecule has 22 heavy (non-hydrogen) atoms. The van der Waals surface area contributed by atoms with Crippen LogP contribution in [-0.2, 0) is 6.42 Å². The Morgan fingerprint density at radius 1 is 1.32 bits per heavy atom. The Morgan fingerprint density at radius 2 is 2.05 bits per heavy atom. The summed E-state index contributed by atoms with van der Waals surface area (Å²) in [4.78, 5) is 14.3. The molecule has 0 aliphatic carbocycles. The molecule has 0 atom stereocenters. The molecule has 0 spiro atoms. The fourth-order valence-electron chi connectivity index (χ4n) is 2.40. The van der Waals surface area contributed by atoms with Gasteiger partial charge in [0.1, 0.15) is 0 Å². The fraction of sp³-hybridized carbons (Fsp3) is 0.571. The fourth-order valence-corrected chi connectivity index (χ4v) is 2.49. The summed E-state index contributed by atoms with van der Waals surface area (Å²) in [7, 11) is 0. The maximum Gasteiger partial charge on any atom is 0.324 e. The van der Waals surface area contributed by atoms with Gasteiger partial charge in [0.05, 0.1) is 19.0 Å². The highest BCUT2D eigenvalue weighted by Gasteiger charge is 2.23. The second-order valence-corrected chi connectivity index (χ2v) is 5.61. The standard InChI is InChI=1S/C14H18ClN5O2/c1-2-12-18-14(22-19-12)20-5-3-10(4-6-20)9-21-11-7-16-13(15)17-8-11/h7-8,10H,2-6,9H2,1H3. The number of ether oxygens (including phenoxy) is 1. The molecule has 0 bridgehead atoms. The SMILES string of the molecule is CCc1noc(N2CCC(COc3cnc(Cl)nc3)CC2)n1. The number of halogens is 1. The number of hydrogen-bond donors (Lipinski definition) is 0. The van der Waals surface area contributed by atoms with Crippen LogP contribution >= 0.6 is 11.6 Å². The molecule has 0 unspecified atom stereocenters. The van der Waals surface area contributed by atoms with E-state index in [0.717, 1.165) is 38.2 Å². The molecule has 1 fully saturated rings. The monoisotopic (exact) mass is 323 g/mol. The van der Waals surface area contributed by atoms with E-state index in [-0.39, 0.29) is 5.28 Å². The van der Waals surface area contributed by atoms with Gasteiger partial charge in [-0.2, -0.15) is 4.98 Å². The molecule has 0 N–H and O–H groups in total. The number of hydrogen-bond acceptors (Lipinski definition) is 7. The highest BCUT2D eigenvalue weighted by Crippen LogP contribution is 2.23. The minimum Gasteiger partial charge on any atom is -0.490 e. The van der Waals surface area contributed by atoms with Crippen LogP contribution in [0.5, 0.6) is 5.75 Å². The van der Waals surface area contributed by atoms with E-state index < -0.39 is 0 Å². The number of piperidine rings is 1. The third-order valence-corrected chi connectivity index (χ3v) is 3.94. The minimum atomic E-state index is 0.228. The highest BCUT2D eigenvalue weighted by atomic mass is 35.5. The summed E-state index contributed by atoms with van der Waals surface area (Å²) in [5.74, 6) is 1.90. The number of nitrogens with zero attached hydrogens (tertiary/aromatic N) is 5. The largest absolute Gasteiger partial charge is 0.490 e. The predicted octanol–water partition coefficient (Wildman–Crippen LogP) is 2.37. The summed E-state index contributed by atoms with van der Waals surface area (Å²) >= 11 is 5.64. The number of aryl methyl sites for hydroxylation is 1. The lowest BCUT2D eigenvalue weighted by atomic mass is 9.98. The minimum absolute atomic E-state index is 0.228. The molecule has 0 saturated carbocycles. The average molecular weight is 324 g/mol. The van der Waals surface area contributed by atoms with Gasteiger partial charge >= 0.3 is 6.01 Å². The molecule has 0 aromatic carbocycles. The van der Waals surface area contributed by atoms with Crippen molar-refractivity contribution >= 4 is 17.6 Å². The van der Waals surface area contributed by atoms with Gasteiger partial charge < -0.3 is 14.2 Å². The van der Waals surface area contributed by atoms with Gasteiger partial charge in [-0.1, -0.05) is 12.1 Å². The lowest BCUT2D eigenvalue weighted by molar-refractivity contribution is 0.219. The Kier molecular flexibility index (Phi) is 4.72. The maximum atomic E-state index is 5.71. The van der Waals surface area contributed by atoms with Crippen LogP contribution in [0.4, 0.5) is 6.01 Å². The zero-order valence-electron chi connectivity index (χ0n) is 12.4. The smallest absolute Gasteiger partial charge is 0.324 e. The van der Waals surface area contributed by atoms with E-state index in [4.69, 9.17) is 20.9 Å². The first-order chi connectivity index (χ1) is 10.7. The molecule has 1 saturated heterocycles. The quantitative estimate of drug-likeness (QED) is 0.782. The van der Waals surface area contributed by atoms with E-state index in [1.165, 1.54) is 0 Å². The van der Waals surface area contributed by atoms with Crippen molar-refractivity contribution in [2.75, 3.05) is 24.6 Å². The first-order valence-corrected chi connectivity index (χ1v) is 7.80. The van der Waals surface area contributed by atoms with E-state index in [9.17, 15) is 0 Å². The summed E-state index contributed by atoms with van der Waals surface area (Å²) in [5.41, 5.74) is 0. The van der Waals surface area contributed by atoms with Crippen molar-refractivity contribution in [2.45, 2.75) is 26.2 Å². The normalized spacial score (nSPS) is 16.0. The average Bonchev–Trinajstić information content (AvgIpc) is 3.04. The van der Waals surface area contributed by atoms with E-state index in [1.807, 2.05) is 6.92 Å². The molecule has 2 aromatic heterocycles. The van der Waals surface area contributed by atoms with Crippen LogP contribution in [0.2, 0.25) is 5.28 Å². The van der Waals surface area contributed by atoms with Crippen LogP contribution in [0.15, 0.2) is 16.9 Å². The molecule has 3 rings (SSSR count). The molecule has 0 amide bonds. The number of rotatable bonds is 5. The molecular weight excluding hydrogens is 306 g/mol. The summed E-state index contributed by atoms with van der Waals surface area (Å²) in [6.07, 6.45) is 6.03. The molecule has 0 radical (unpaired) electrons. The van der Waals surface area contributed by atoms with Gasteiger partial charge in [-0.3, -0.25) is 0 Å². The van der Waals surface area contributed by atoms with Gasteiger partial charge in [-0.05, 0) is 30.4 Å². The van der Waals surface area contributed by atoms with Crippen molar-refractivity contribution in [3.8, 4) is 5.75 Å². The third-order valence-electron chi connectivity index (χ3n) is 3.74. The topological polar surface area (TPSA) is 77.2 Å². The molecule has 3 heterocycles. The molecular formula is C14H18ClN5O2. The van der Waals surface area contributed by atoms with E-state index >= 15 is 0 Å². The summed E-state index contributed by atoms with van der Waals surface area (Å²) in [6.45, 7) is 4.47. The van der Waals surface area contributed by atoms with Gasteiger partial charge in [0, 0.05) is 19.5 Å². The molecule has 7 nitrogen and oxygen atoms in total. The lowest BCUT2D eigenvalue weighted by Gasteiger charge is -2.30. The Bertz CT molecular complexity index is 596. The van der Waals surface area contributed by atoms with Crippen LogP contribution < -0.4 is 9.64 Å². The lowest BCUT2D eigenvalue weighted by Crippen LogP contribution is -2.35. The molecule has 8 heteroatoms. The van der Waals surface area contributed by atoms with Gasteiger partial charge in [0.15, 0.2) is 11.6 Å². The van der Waals surface area contributed by atoms with Crippen molar-refractivity contribution < 1.29 is 9.26 Å². The maximum absolute atomic E-state index is 5.71. The number of anilines is 1.